The average Bonchev–Trinajstić information content (AvgIpc) is 2.41. The summed E-state index contributed by atoms with van der Waals surface area (Å²) in [7, 11) is -2.05. The average molecular weight is 370 g/mol. The lowest BCUT2D eigenvalue weighted by Crippen LogP contribution is -2.27. The molecule has 0 aliphatic carbocycles. The lowest BCUT2D eigenvalue weighted by Gasteiger charge is -2.19. The Bertz CT molecular complexity index is 759. The van der Waals surface area contributed by atoms with E-state index >= 15 is 0 Å². The number of phenols is 1. The van der Waals surface area contributed by atoms with Crippen molar-refractivity contribution in [3.63, 3.8) is 0 Å². The fourth-order valence-corrected chi connectivity index (χ4v) is 3.93. The molecule has 0 radical (unpaired) electrons. The quantitative estimate of drug-likeness (QED) is 0.899. The fraction of sp³-hybridized carbons (Fsp3) is 0.200. The van der Waals surface area contributed by atoms with Gasteiger partial charge in [0, 0.05) is 18.1 Å². The second-order valence-corrected chi connectivity index (χ2v) is 7.77. The zero-order chi connectivity index (χ0) is 15.6. The molecule has 2 rings (SSSR count). The maximum absolute atomic E-state index is 12.6. The summed E-state index contributed by atoms with van der Waals surface area (Å²) in [5, 5.41) is 9.45. The van der Waals surface area contributed by atoms with Crippen molar-refractivity contribution in [3.8, 4) is 5.75 Å². The van der Waals surface area contributed by atoms with Gasteiger partial charge in [-0.05, 0) is 42.3 Å². The van der Waals surface area contributed by atoms with Gasteiger partial charge >= 0.3 is 0 Å². The van der Waals surface area contributed by atoms with E-state index in [2.05, 4.69) is 15.9 Å². The predicted octanol–water partition coefficient (Wildman–Crippen LogP) is 3.28. The van der Waals surface area contributed by atoms with Crippen molar-refractivity contribution in [1.82, 2.24) is 4.31 Å². The largest absolute Gasteiger partial charge is 0.508 e. The van der Waals surface area contributed by atoms with Gasteiger partial charge < -0.3 is 5.11 Å². The van der Waals surface area contributed by atoms with Crippen LogP contribution in [0.25, 0.3) is 0 Å². The van der Waals surface area contributed by atoms with E-state index in [1.807, 2.05) is 6.07 Å². The van der Waals surface area contributed by atoms with E-state index in [0.29, 0.717) is 5.56 Å². The molecule has 4 nitrogen and oxygen atoms in total. The van der Waals surface area contributed by atoms with Crippen LogP contribution in [0.15, 0.2) is 51.8 Å². The molecule has 112 valence electrons. The zero-order valence-electron chi connectivity index (χ0n) is 11.7. The first-order valence-electron chi connectivity index (χ1n) is 6.31. The zero-order valence-corrected chi connectivity index (χ0v) is 14.1. The van der Waals surface area contributed by atoms with Gasteiger partial charge in [0.15, 0.2) is 0 Å². The molecule has 0 heterocycles. The Morgan fingerprint density at radius 2 is 1.90 bits per heavy atom. The van der Waals surface area contributed by atoms with Crippen LogP contribution in [0.3, 0.4) is 0 Å². The number of rotatable bonds is 4. The van der Waals surface area contributed by atoms with Crippen molar-refractivity contribution in [2.45, 2.75) is 18.4 Å². The summed E-state index contributed by atoms with van der Waals surface area (Å²) in [5.41, 5.74) is 1.43. The SMILES string of the molecule is Cc1ccc(Br)cc1S(=O)(=O)N(C)Cc1cccc(O)c1. The second-order valence-electron chi connectivity index (χ2n) is 4.84. The molecule has 0 atom stereocenters. The van der Waals surface area contributed by atoms with E-state index in [1.165, 1.54) is 11.4 Å². The van der Waals surface area contributed by atoms with Gasteiger partial charge in [0.25, 0.3) is 0 Å². The van der Waals surface area contributed by atoms with E-state index in [0.717, 1.165) is 10.0 Å². The van der Waals surface area contributed by atoms with Crippen molar-refractivity contribution in [1.29, 1.82) is 0 Å². The number of benzene rings is 2. The Hall–Kier alpha value is -1.37. The first-order valence-corrected chi connectivity index (χ1v) is 8.54. The molecule has 21 heavy (non-hydrogen) atoms. The van der Waals surface area contributed by atoms with Crippen molar-refractivity contribution < 1.29 is 13.5 Å². The van der Waals surface area contributed by atoms with Crippen LogP contribution in [0.5, 0.6) is 5.75 Å². The van der Waals surface area contributed by atoms with Crippen LogP contribution < -0.4 is 0 Å². The molecular formula is C15H16BrNO3S. The number of halogens is 1. The van der Waals surface area contributed by atoms with Crippen LogP contribution in [0.2, 0.25) is 0 Å². The first kappa shape index (κ1) is 16.0. The Balaban J connectivity index is 2.33. The van der Waals surface area contributed by atoms with E-state index in [-0.39, 0.29) is 17.2 Å². The molecule has 0 aliphatic heterocycles. The van der Waals surface area contributed by atoms with Crippen molar-refractivity contribution in [2.24, 2.45) is 0 Å². The van der Waals surface area contributed by atoms with Crippen LogP contribution in [-0.2, 0) is 16.6 Å². The Labute approximate surface area is 133 Å². The maximum atomic E-state index is 12.6. The topological polar surface area (TPSA) is 57.6 Å². The molecule has 0 aromatic heterocycles. The minimum Gasteiger partial charge on any atom is -0.508 e. The highest BCUT2D eigenvalue weighted by molar-refractivity contribution is 9.10. The number of hydrogen-bond acceptors (Lipinski definition) is 3. The number of hydrogen-bond donors (Lipinski definition) is 1. The molecule has 0 bridgehead atoms. The van der Waals surface area contributed by atoms with Crippen molar-refractivity contribution in [2.75, 3.05) is 7.05 Å². The number of aromatic hydroxyl groups is 1. The number of nitrogens with zero attached hydrogens (tertiary/aromatic N) is 1. The van der Waals surface area contributed by atoms with Gasteiger partial charge in [-0.25, -0.2) is 8.42 Å². The highest BCUT2D eigenvalue weighted by Gasteiger charge is 2.23. The van der Waals surface area contributed by atoms with Crippen LogP contribution in [0.1, 0.15) is 11.1 Å². The molecule has 1 N–H and O–H groups in total. The van der Waals surface area contributed by atoms with Crippen LogP contribution in [0, 0.1) is 6.92 Å². The lowest BCUT2D eigenvalue weighted by molar-refractivity contribution is 0.458. The van der Waals surface area contributed by atoms with Crippen molar-refractivity contribution >= 4 is 26.0 Å². The first-order chi connectivity index (χ1) is 9.80. The monoisotopic (exact) mass is 369 g/mol. The summed E-state index contributed by atoms with van der Waals surface area (Å²) in [4.78, 5) is 0.277. The molecule has 0 spiro atoms. The summed E-state index contributed by atoms with van der Waals surface area (Å²) < 4.78 is 27.3. The second kappa shape index (κ2) is 6.17. The molecule has 0 saturated carbocycles. The minimum atomic E-state index is -3.58. The van der Waals surface area contributed by atoms with Gasteiger partial charge in [-0.15, -0.1) is 0 Å². The Morgan fingerprint density at radius 1 is 1.19 bits per heavy atom. The number of sulfonamides is 1. The normalized spacial score (nSPS) is 11.8. The summed E-state index contributed by atoms with van der Waals surface area (Å²) in [6, 6.07) is 11.7. The third kappa shape index (κ3) is 3.64. The maximum Gasteiger partial charge on any atom is 0.243 e. The third-order valence-electron chi connectivity index (χ3n) is 3.15. The van der Waals surface area contributed by atoms with E-state index in [1.54, 1.807) is 43.3 Å². The molecule has 2 aromatic rings. The van der Waals surface area contributed by atoms with Gasteiger partial charge in [0.1, 0.15) is 5.75 Å². The summed E-state index contributed by atoms with van der Waals surface area (Å²) in [5.74, 6) is 0.122. The molecule has 0 saturated heterocycles. The molecule has 2 aromatic carbocycles. The van der Waals surface area contributed by atoms with E-state index in [4.69, 9.17) is 0 Å². The Kier molecular flexibility index (Phi) is 4.70. The standard InChI is InChI=1S/C15H16BrNO3S/c1-11-6-7-13(16)9-15(11)21(19,20)17(2)10-12-4-3-5-14(18)8-12/h3-9,18H,10H2,1-2H3. The molecule has 0 aliphatic rings. The minimum absolute atomic E-state index is 0.122. The summed E-state index contributed by atoms with van der Waals surface area (Å²) in [6.07, 6.45) is 0. The Morgan fingerprint density at radius 3 is 2.57 bits per heavy atom. The van der Waals surface area contributed by atoms with E-state index < -0.39 is 10.0 Å². The molecule has 0 amide bonds. The molecule has 0 unspecified atom stereocenters. The molecule has 6 heteroatoms. The smallest absolute Gasteiger partial charge is 0.243 e. The van der Waals surface area contributed by atoms with Gasteiger partial charge in [-0.1, -0.05) is 34.1 Å². The predicted molar refractivity (Wildman–Crippen MR) is 85.6 cm³/mol. The highest BCUT2D eigenvalue weighted by atomic mass is 79.9. The van der Waals surface area contributed by atoms with Crippen LogP contribution in [-0.4, -0.2) is 24.9 Å². The van der Waals surface area contributed by atoms with Crippen LogP contribution >= 0.6 is 15.9 Å². The summed E-state index contributed by atoms with van der Waals surface area (Å²) in [6.45, 7) is 1.96. The number of phenolic OH excluding ortho intramolecular Hbond substituents is 1. The van der Waals surface area contributed by atoms with Gasteiger partial charge in [-0.3, -0.25) is 0 Å². The van der Waals surface area contributed by atoms with E-state index in [9.17, 15) is 13.5 Å². The van der Waals surface area contributed by atoms with Gasteiger partial charge in [0.2, 0.25) is 10.0 Å². The van der Waals surface area contributed by atoms with Crippen LogP contribution in [0.4, 0.5) is 0 Å². The summed E-state index contributed by atoms with van der Waals surface area (Å²) >= 11 is 3.30. The van der Waals surface area contributed by atoms with Gasteiger partial charge in [-0.2, -0.15) is 4.31 Å². The highest BCUT2D eigenvalue weighted by Crippen LogP contribution is 2.24. The third-order valence-corrected chi connectivity index (χ3v) is 5.59. The number of aryl methyl sites for hydroxylation is 1. The lowest BCUT2D eigenvalue weighted by atomic mass is 10.2. The van der Waals surface area contributed by atoms with Gasteiger partial charge in [0.05, 0.1) is 4.90 Å². The fourth-order valence-electron chi connectivity index (χ4n) is 2.02. The molecular weight excluding hydrogens is 354 g/mol. The van der Waals surface area contributed by atoms with Crippen molar-refractivity contribution in [3.05, 3.63) is 58.1 Å². The molecule has 0 fully saturated rings.